The monoisotopic (exact) mass is 361 g/mol. The van der Waals surface area contributed by atoms with Crippen LogP contribution in [0, 0.1) is 5.92 Å². The third-order valence-corrected chi connectivity index (χ3v) is 6.58. The summed E-state index contributed by atoms with van der Waals surface area (Å²) in [4.78, 5) is 16.6. The molecule has 27 heavy (non-hydrogen) atoms. The summed E-state index contributed by atoms with van der Waals surface area (Å²) >= 11 is 0. The first-order valence-electron chi connectivity index (χ1n) is 9.47. The van der Waals surface area contributed by atoms with Crippen molar-refractivity contribution in [2.24, 2.45) is 5.92 Å². The molecule has 1 aromatic heterocycles. The zero-order valence-corrected chi connectivity index (χ0v) is 15.7. The normalized spacial score (nSPS) is 28.5. The van der Waals surface area contributed by atoms with E-state index in [1.807, 2.05) is 12.1 Å². The summed E-state index contributed by atoms with van der Waals surface area (Å²) in [5.74, 6) is 0.0487. The number of nitrogens with one attached hydrogen (secondary N) is 1. The van der Waals surface area contributed by atoms with Gasteiger partial charge in [-0.2, -0.15) is 0 Å². The van der Waals surface area contributed by atoms with E-state index in [1.54, 1.807) is 7.11 Å². The summed E-state index contributed by atoms with van der Waals surface area (Å²) in [5, 5.41) is 1.12. The molecule has 0 aliphatic heterocycles. The molecule has 1 heterocycles. The van der Waals surface area contributed by atoms with Crippen LogP contribution in [0.15, 0.2) is 48.5 Å². The standard InChI is InChI=1S/C23H23NO3/c1-12-17-18(13-8-4-5-9-14(13)22(12)26-2)20(23(25)27-3)19-15-10-6-7-11-16(15)24-21(17)19/h4-12,17-18,20,22,24H,1-3H3/t12-,17-,18+,20-,22+/m1/s1. The first-order valence-corrected chi connectivity index (χ1v) is 9.47. The SMILES string of the molecule is COC(=O)[C@H]1c2c([nH]c3ccccc23)[C@@H]2[C@@H](C)[C@H](OC)c3ccccc3[C@@H]21. The van der Waals surface area contributed by atoms with Gasteiger partial charge >= 0.3 is 5.97 Å². The Morgan fingerprint density at radius 2 is 1.67 bits per heavy atom. The number of para-hydroxylation sites is 1. The fourth-order valence-corrected chi connectivity index (χ4v) is 5.59. The molecule has 0 saturated carbocycles. The highest BCUT2D eigenvalue weighted by Crippen LogP contribution is 2.62. The van der Waals surface area contributed by atoms with Crippen LogP contribution in [0.2, 0.25) is 0 Å². The Hall–Kier alpha value is -2.59. The molecule has 0 spiro atoms. The molecule has 0 fully saturated rings. The average Bonchev–Trinajstić information content (AvgIpc) is 3.22. The van der Waals surface area contributed by atoms with Crippen molar-refractivity contribution in [3.05, 3.63) is 70.9 Å². The lowest BCUT2D eigenvalue weighted by molar-refractivity contribution is -0.143. The average molecular weight is 361 g/mol. The second-order valence-corrected chi connectivity index (χ2v) is 7.69. The van der Waals surface area contributed by atoms with Crippen molar-refractivity contribution < 1.29 is 14.3 Å². The molecule has 4 heteroatoms. The molecule has 0 bridgehead atoms. The van der Waals surface area contributed by atoms with Crippen LogP contribution in [0.5, 0.6) is 0 Å². The summed E-state index contributed by atoms with van der Waals surface area (Å²) in [6.07, 6.45) is 0.0121. The highest BCUT2D eigenvalue weighted by Gasteiger charge is 2.54. The maximum atomic E-state index is 13.0. The third-order valence-electron chi connectivity index (χ3n) is 6.58. The maximum absolute atomic E-state index is 13.0. The van der Waals surface area contributed by atoms with Crippen molar-refractivity contribution in [2.45, 2.75) is 30.8 Å². The van der Waals surface area contributed by atoms with Gasteiger partial charge in [0.1, 0.15) is 0 Å². The minimum absolute atomic E-state index is 0.0121. The molecule has 0 radical (unpaired) electrons. The van der Waals surface area contributed by atoms with Crippen molar-refractivity contribution in [3.8, 4) is 0 Å². The van der Waals surface area contributed by atoms with E-state index in [-0.39, 0.29) is 35.7 Å². The third kappa shape index (κ3) is 2.10. The molecule has 5 atom stereocenters. The Morgan fingerprint density at radius 1 is 0.963 bits per heavy atom. The number of hydrogen-bond acceptors (Lipinski definition) is 3. The second kappa shape index (κ2) is 5.96. The number of aromatic nitrogens is 1. The lowest BCUT2D eigenvalue weighted by Gasteiger charge is -2.40. The van der Waals surface area contributed by atoms with Gasteiger partial charge in [-0.25, -0.2) is 0 Å². The van der Waals surface area contributed by atoms with Crippen molar-refractivity contribution in [1.82, 2.24) is 4.98 Å². The molecule has 0 saturated heterocycles. The van der Waals surface area contributed by atoms with E-state index in [2.05, 4.69) is 48.3 Å². The van der Waals surface area contributed by atoms with Crippen LogP contribution < -0.4 is 0 Å². The van der Waals surface area contributed by atoms with Crippen molar-refractivity contribution in [2.75, 3.05) is 14.2 Å². The van der Waals surface area contributed by atoms with E-state index in [0.717, 1.165) is 16.5 Å². The van der Waals surface area contributed by atoms with E-state index >= 15 is 0 Å². The van der Waals surface area contributed by atoms with E-state index in [1.165, 1.54) is 23.9 Å². The predicted octanol–water partition coefficient (Wildman–Crippen LogP) is 4.64. The number of methoxy groups -OCH3 is 2. The van der Waals surface area contributed by atoms with Gasteiger partial charge in [-0.15, -0.1) is 0 Å². The lowest BCUT2D eigenvalue weighted by Crippen LogP contribution is -2.32. The first-order chi connectivity index (χ1) is 13.2. The molecule has 1 N–H and O–H groups in total. The molecule has 5 rings (SSSR count). The molecular weight excluding hydrogens is 338 g/mol. The zero-order valence-electron chi connectivity index (χ0n) is 15.7. The second-order valence-electron chi connectivity index (χ2n) is 7.69. The topological polar surface area (TPSA) is 51.3 Å². The molecule has 2 aromatic carbocycles. The molecule has 2 aliphatic carbocycles. The van der Waals surface area contributed by atoms with Crippen molar-refractivity contribution in [3.63, 3.8) is 0 Å². The Labute approximate surface area is 158 Å². The molecule has 138 valence electrons. The highest BCUT2D eigenvalue weighted by atomic mass is 16.5. The van der Waals surface area contributed by atoms with Crippen LogP contribution in [0.4, 0.5) is 0 Å². The molecule has 4 nitrogen and oxygen atoms in total. The number of H-pyrrole nitrogens is 1. The van der Waals surface area contributed by atoms with E-state index in [4.69, 9.17) is 9.47 Å². The van der Waals surface area contributed by atoms with Crippen LogP contribution in [-0.2, 0) is 14.3 Å². The minimum atomic E-state index is -0.299. The van der Waals surface area contributed by atoms with Gasteiger partial charge < -0.3 is 14.5 Å². The number of aromatic amines is 1. The number of rotatable bonds is 2. The number of ether oxygens (including phenoxy) is 2. The lowest BCUT2D eigenvalue weighted by atomic mass is 9.66. The van der Waals surface area contributed by atoms with Crippen molar-refractivity contribution in [1.29, 1.82) is 0 Å². The van der Waals surface area contributed by atoms with Gasteiger partial charge in [-0.3, -0.25) is 4.79 Å². The van der Waals surface area contributed by atoms with Crippen molar-refractivity contribution >= 4 is 16.9 Å². The Morgan fingerprint density at radius 3 is 2.41 bits per heavy atom. The Kier molecular flexibility index (Phi) is 3.66. The molecule has 0 amide bonds. The largest absolute Gasteiger partial charge is 0.469 e. The van der Waals surface area contributed by atoms with Gasteiger partial charge in [0.15, 0.2) is 0 Å². The van der Waals surface area contributed by atoms with E-state index in [0.29, 0.717) is 0 Å². The number of benzene rings is 2. The Balaban J connectivity index is 1.81. The fraction of sp³-hybridized carbons (Fsp3) is 0.348. The van der Waals surface area contributed by atoms with Gasteiger partial charge in [-0.05, 0) is 28.7 Å². The smallest absolute Gasteiger partial charge is 0.313 e. The summed E-state index contributed by atoms with van der Waals surface area (Å²) < 4.78 is 11.2. The number of esters is 1. The maximum Gasteiger partial charge on any atom is 0.313 e. The predicted molar refractivity (Wildman–Crippen MR) is 104 cm³/mol. The van der Waals surface area contributed by atoms with Gasteiger partial charge in [0.05, 0.1) is 19.1 Å². The summed E-state index contributed by atoms with van der Waals surface area (Å²) in [6.45, 7) is 2.23. The van der Waals surface area contributed by atoms with Crippen LogP contribution in [-0.4, -0.2) is 25.2 Å². The molecule has 2 aliphatic rings. The number of fused-ring (bicyclic) bond motifs is 7. The highest BCUT2D eigenvalue weighted by molar-refractivity contribution is 5.94. The van der Waals surface area contributed by atoms with Gasteiger partial charge in [0, 0.05) is 35.5 Å². The van der Waals surface area contributed by atoms with Gasteiger partial charge in [0.25, 0.3) is 0 Å². The Bertz CT molecular complexity index is 1040. The van der Waals surface area contributed by atoms with E-state index in [9.17, 15) is 4.79 Å². The van der Waals surface area contributed by atoms with Gasteiger partial charge in [-0.1, -0.05) is 49.4 Å². The fourth-order valence-electron chi connectivity index (χ4n) is 5.59. The van der Waals surface area contributed by atoms with Crippen LogP contribution in [0.25, 0.3) is 10.9 Å². The van der Waals surface area contributed by atoms with E-state index < -0.39 is 0 Å². The minimum Gasteiger partial charge on any atom is -0.469 e. The summed E-state index contributed by atoms with van der Waals surface area (Å²) in [6, 6.07) is 16.6. The summed E-state index contributed by atoms with van der Waals surface area (Å²) in [5.41, 5.74) is 5.75. The number of hydrogen-bond donors (Lipinski definition) is 1. The first kappa shape index (κ1) is 16.6. The molecule has 3 aromatic rings. The summed E-state index contributed by atoms with van der Waals surface area (Å²) in [7, 11) is 3.26. The van der Waals surface area contributed by atoms with Crippen LogP contribution in [0.3, 0.4) is 0 Å². The number of carbonyl (C=O) groups is 1. The number of carbonyl (C=O) groups excluding carboxylic acids is 1. The van der Waals surface area contributed by atoms with Gasteiger partial charge in [0.2, 0.25) is 0 Å². The van der Waals surface area contributed by atoms with Crippen LogP contribution >= 0.6 is 0 Å². The molecular formula is C23H23NO3. The van der Waals surface area contributed by atoms with Crippen LogP contribution in [0.1, 0.15) is 53.2 Å². The molecule has 0 unspecified atom stereocenters. The quantitative estimate of drug-likeness (QED) is 0.677. The zero-order chi connectivity index (χ0) is 18.7.